The number of aromatic amines is 1. The lowest BCUT2D eigenvalue weighted by molar-refractivity contribution is 0.417. The van der Waals surface area contributed by atoms with Crippen molar-refractivity contribution in [2.75, 3.05) is 0 Å². The second-order valence-corrected chi connectivity index (χ2v) is 3.36. The average Bonchev–Trinajstić information content (AvgIpc) is 2.37. The number of hydrogen-bond donors (Lipinski definition) is 2. The van der Waals surface area contributed by atoms with Crippen LogP contribution in [0.1, 0.15) is 5.56 Å². The van der Waals surface area contributed by atoms with Crippen molar-refractivity contribution in [1.29, 1.82) is 0 Å². The first-order valence-electron chi connectivity index (χ1n) is 4.93. The molecule has 2 N–H and O–H groups in total. The fourth-order valence-electron chi connectivity index (χ4n) is 1.22. The third-order valence-electron chi connectivity index (χ3n) is 2.19. The quantitative estimate of drug-likeness (QED) is 0.682. The Kier molecular flexibility index (Phi) is 3.00. The molecule has 8 heteroatoms. The molecule has 8 nitrogen and oxygen atoms in total. The summed E-state index contributed by atoms with van der Waals surface area (Å²) in [5, 5.41) is 9.65. The number of aliphatic imine (C=N–C) groups is 1. The highest BCUT2D eigenvalue weighted by Crippen LogP contribution is 2.07. The molecule has 2 rings (SSSR count). The Bertz CT molecular complexity index is 702. The van der Waals surface area contributed by atoms with Crippen molar-refractivity contribution >= 4 is 12.2 Å². The summed E-state index contributed by atoms with van der Waals surface area (Å²) in [6, 6.07) is 1.62. The van der Waals surface area contributed by atoms with Crippen LogP contribution >= 0.6 is 0 Å². The van der Waals surface area contributed by atoms with Gasteiger partial charge in [-0.15, -0.1) is 0 Å². The van der Waals surface area contributed by atoms with Crippen molar-refractivity contribution in [3.05, 3.63) is 44.9 Å². The fourth-order valence-corrected chi connectivity index (χ4v) is 1.22. The lowest BCUT2D eigenvalue weighted by Crippen LogP contribution is -2.30. The van der Waals surface area contributed by atoms with Crippen molar-refractivity contribution in [3.63, 3.8) is 0 Å². The number of aromatic hydroxyl groups is 1. The summed E-state index contributed by atoms with van der Waals surface area (Å²) in [5.41, 5.74) is -1.56. The SMILES string of the molecule is Cn1c(O)c(C=Nc2ncccn2)c(=O)[nH]c1=O. The van der Waals surface area contributed by atoms with Crippen molar-refractivity contribution in [1.82, 2.24) is 19.5 Å². The minimum absolute atomic E-state index is 0.135. The van der Waals surface area contributed by atoms with E-state index in [-0.39, 0.29) is 11.5 Å². The monoisotopic (exact) mass is 247 g/mol. The standard InChI is InChI=1S/C10H9N5O3/c1-15-8(17)6(7(16)14-10(15)18)5-13-9-11-3-2-4-12-9/h2-5,17H,1H3,(H,14,16,18). The van der Waals surface area contributed by atoms with Crippen molar-refractivity contribution in [2.24, 2.45) is 12.0 Å². The molecule has 0 aliphatic carbocycles. The maximum absolute atomic E-state index is 11.5. The van der Waals surface area contributed by atoms with Gasteiger partial charge in [-0.1, -0.05) is 0 Å². The van der Waals surface area contributed by atoms with E-state index in [4.69, 9.17) is 0 Å². The number of hydrogen-bond acceptors (Lipinski definition) is 6. The zero-order valence-corrected chi connectivity index (χ0v) is 9.36. The van der Waals surface area contributed by atoms with E-state index in [1.54, 1.807) is 6.07 Å². The summed E-state index contributed by atoms with van der Waals surface area (Å²) >= 11 is 0. The molecule has 2 aromatic rings. The molecule has 2 heterocycles. The highest BCUT2D eigenvalue weighted by Gasteiger charge is 2.09. The van der Waals surface area contributed by atoms with Gasteiger partial charge in [0.1, 0.15) is 5.56 Å². The van der Waals surface area contributed by atoms with E-state index in [0.717, 1.165) is 10.8 Å². The minimum Gasteiger partial charge on any atom is -0.494 e. The van der Waals surface area contributed by atoms with Crippen LogP contribution in [0.4, 0.5) is 5.95 Å². The summed E-state index contributed by atoms with van der Waals surface area (Å²) in [6.07, 6.45) is 4.08. The van der Waals surface area contributed by atoms with Crippen LogP contribution in [0, 0.1) is 0 Å². The van der Waals surface area contributed by atoms with Crippen LogP contribution in [-0.4, -0.2) is 30.8 Å². The van der Waals surface area contributed by atoms with Crippen LogP contribution in [0.15, 0.2) is 33.0 Å². The van der Waals surface area contributed by atoms with Crippen LogP contribution in [0.5, 0.6) is 5.88 Å². The third-order valence-corrected chi connectivity index (χ3v) is 2.19. The van der Waals surface area contributed by atoms with Gasteiger partial charge in [-0.3, -0.25) is 14.3 Å². The molecule has 0 saturated heterocycles. The Morgan fingerprint density at radius 1 is 1.39 bits per heavy atom. The Labute approximate surface area is 100 Å². The van der Waals surface area contributed by atoms with E-state index in [0.29, 0.717) is 0 Å². The predicted octanol–water partition coefficient (Wildman–Crippen LogP) is -0.680. The van der Waals surface area contributed by atoms with Crippen molar-refractivity contribution in [2.45, 2.75) is 0 Å². The third kappa shape index (κ3) is 2.17. The summed E-state index contributed by atoms with van der Waals surface area (Å²) in [4.78, 5) is 36.2. The maximum atomic E-state index is 11.5. The first kappa shape index (κ1) is 11.7. The van der Waals surface area contributed by atoms with Gasteiger partial charge < -0.3 is 5.11 Å². The number of nitrogens with zero attached hydrogens (tertiary/aromatic N) is 4. The topological polar surface area (TPSA) is 113 Å². The molecule has 0 unspecified atom stereocenters. The number of nitrogens with one attached hydrogen (secondary N) is 1. The highest BCUT2D eigenvalue weighted by atomic mass is 16.3. The second-order valence-electron chi connectivity index (χ2n) is 3.36. The second kappa shape index (κ2) is 4.62. The first-order valence-corrected chi connectivity index (χ1v) is 4.93. The van der Waals surface area contributed by atoms with Crippen molar-refractivity contribution < 1.29 is 5.11 Å². The predicted molar refractivity (Wildman–Crippen MR) is 63.3 cm³/mol. The van der Waals surface area contributed by atoms with E-state index >= 15 is 0 Å². The van der Waals surface area contributed by atoms with Gasteiger partial charge in [-0.05, 0) is 6.07 Å². The normalized spacial score (nSPS) is 10.9. The molecular weight excluding hydrogens is 238 g/mol. The number of aromatic nitrogens is 4. The van der Waals surface area contributed by atoms with Gasteiger partial charge in [-0.25, -0.2) is 19.8 Å². The van der Waals surface area contributed by atoms with E-state index in [1.807, 2.05) is 4.98 Å². The molecule has 0 aromatic carbocycles. The van der Waals surface area contributed by atoms with Gasteiger partial charge in [0.25, 0.3) is 5.56 Å². The molecule has 0 aliphatic heterocycles. The Morgan fingerprint density at radius 3 is 2.72 bits per heavy atom. The molecular formula is C10H9N5O3. The van der Waals surface area contributed by atoms with E-state index in [1.165, 1.54) is 19.4 Å². The molecule has 0 atom stereocenters. The largest absolute Gasteiger partial charge is 0.494 e. The van der Waals surface area contributed by atoms with Gasteiger partial charge in [0.05, 0.1) is 0 Å². The van der Waals surface area contributed by atoms with Gasteiger partial charge in [-0.2, -0.15) is 0 Å². The van der Waals surface area contributed by atoms with Crippen LogP contribution < -0.4 is 11.2 Å². The van der Waals surface area contributed by atoms with Crippen LogP contribution in [-0.2, 0) is 7.05 Å². The fraction of sp³-hybridized carbons (Fsp3) is 0.100. The lowest BCUT2D eigenvalue weighted by Gasteiger charge is -2.02. The Balaban J connectivity index is 2.48. The van der Waals surface area contributed by atoms with Crippen molar-refractivity contribution in [3.8, 4) is 5.88 Å². The van der Waals surface area contributed by atoms with Gasteiger partial charge in [0.15, 0.2) is 0 Å². The van der Waals surface area contributed by atoms with Crippen LogP contribution in [0.2, 0.25) is 0 Å². The molecule has 2 aromatic heterocycles. The molecule has 0 radical (unpaired) electrons. The summed E-state index contributed by atoms with van der Waals surface area (Å²) < 4.78 is 0.897. The van der Waals surface area contributed by atoms with Gasteiger partial charge >= 0.3 is 5.69 Å². The molecule has 18 heavy (non-hydrogen) atoms. The zero-order chi connectivity index (χ0) is 13.1. The molecule has 0 amide bonds. The van der Waals surface area contributed by atoms with E-state index in [9.17, 15) is 14.7 Å². The van der Waals surface area contributed by atoms with Crippen LogP contribution in [0.3, 0.4) is 0 Å². The minimum atomic E-state index is -0.727. The summed E-state index contributed by atoms with van der Waals surface area (Å²) in [7, 11) is 1.32. The molecule has 0 saturated carbocycles. The van der Waals surface area contributed by atoms with E-state index in [2.05, 4.69) is 15.0 Å². The molecule has 0 spiro atoms. The summed E-state index contributed by atoms with van der Waals surface area (Å²) in [6.45, 7) is 0. The molecule has 0 bridgehead atoms. The summed E-state index contributed by atoms with van der Waals surface area (Å²) in [5.74, 6) is -0.325. The first-order chi connectivity index (χ1) is 8.59. The van der Waals surface area contributed by atoms with Crippen LogP contribution in [0.25, 0.3) is 0 Å². The number of H-pyrrole nitrogens is 1. The zero-order valence-electron chi connectivity index (χ0n) is 9.36. The van der Waals surface area contributed by atoms with Gasteiger partial charge in [0, 0.05) is 25.7 Å². The van der Waals surface area contributed by atoms with E-state index < -0.39 is 17.1 Å². The Morgan fingerprint density at radius 2 is 2.06 bits per heavy atom. The average molecular weight is 247 g/mol. The van der Waals surface area contributed by atoms with Gasteiger partial charge in [0.2, 0.25) is 11.8 Å². The molecule has 0 aliphatic rings. The lowest BCUT2D eigenvalue weighted by atomic mass is 10.3. The molecule has 0 fully saturated rings. The Hall–Kier alpha value is -2.77. The number of rotatable bonds is 2. The highest BCUT2D eigenvalue weighted by molar-refractivity contribution is 5.83. The maximum Gasteiger partial charge on any atom is 0.330 e. The molecule has 92 valence electrons. The smallest absolute Gasteiger partial charge is 0.330 e.